The predicted octanol–water partition coefficient (Wildman–Crippen LogP) is 3.89. The first-order valence-corrected chi connectivity index (χ1v) is 11.8. The van der Waals surface area contributed by atoms with Crippen molar-refractivity contribution in [2.45, 2.75) is 46.0 Å². The fourth-order valence-electron chi connectivity index (χ4n) is 4.31. The maximum absolute atomic E-state index is 12.8. The molecule has 1 aliphatic rings. The van der Waals surface area contributed by atoms with Gasteiger partial charge >= 0.3 is 5.97 Å². The number of rotatable bonds is 7. The molecule has 1 aliphatic heterocycles. The van der Waals surface area contributed by atoms with Crippen LogP contribution in [-0.2, 0) is 25.5 Å². The Labute approximate surface area is 209 Å². The van der Waals surface area contributed by atoms with E-state index in [-0.39, 0.29) is 30.1 Å². The van der Waals surface area contributed by atoms with Crippen molar-refractivity contribution < 1.29 is 23.9 Å². The molecule has 0 bridgehead atoms. The van der Waals surface area contributed by atoms with E-state index in [2.05, 4.69) is 10.4 Å². The fraction of sp³-hybridized carbons (Fsp3) is 0.296. The number of anilines is 2. The highest BCUT2D eigenvalue weighted by Gasteiger charge is 2.27. The number of hydrogen-bond donors (Lipinski definition) is 1. The summed E-state index contributed by atoms with van der Waals surface area (Å²) in [6.07, 6.45) is 2.12. The maximum atomic E-state index is 12.8. The van der Waals surface area contributed by atoms with E-state index in [1.54, 1.807) is 41.1 Å². The zero-order valence-electron chi connectivity index (χ0n) is 20.5. The molecule has 0 unspecified atom stereocenters. The first-order valence-electron chi connectivity index (χ1n) is 11.8. The standard InChI is InChI=1S/C27H28N4O5/c1-17-23(15-16-26(34)36-3)18(2)31(29-17)22-11-7-19(8-12-22)27(35)28-20-9-13-21(14-10-20)30-24(32)5-4-6-25(30)33/h7-14H,4-6,15-16H2,1-3H3,(H,28,35). The molecule has 1 N–H and O–H groups in total. The lowest BCUT2D eigenvalue weighted by molar-refractivity contribution is -0.140. The van der Waals surface area contributed by atoms with Crippen molar-refractivity contribution in [1.82, 2.24) is 9.78 Å². The van der Waals surface area contributed by atoms with Gasteiger partial charge in [0, 0.05) is 36.2 Å². The first-order chi connectivity index (χ1) is 17.3. The van der Waals surface area contributed by atoms with Crippen LogP contribution < -0.4 is 10.2 Å². The highest BCUT2D eigenvalue weighted by molar-refractivity contribution is 6.16. The predicted molar refractivity (Wildman–Crippen MR) is 134 cm³/mol. The van der Waals surface area contributed by atoms with Crippen LogP contribution in [0.4, 0.5) is 11.4 Å². The Balaban J connectivity index is 1.43. The van der Waals surface area contributed by atoms with Crippen molar-refractivity contribution in [2.75, 3.05) is 17.3 Å². The van der Waals surface area contributed by atoms with Gasteiger partial charge in [0.15, 0.2) is 0 Å². The number of benzene rings is 2. The van der Waals surface area contributed by atoms with E-state index >= 15 is 0 Å². The monoisotopic (exact) mass is 488 g/mol. The van der Waals surface area contributed by atoms with Crippen LogP contribution in [0.1, 0.15) is 53.0 Å². The van der Waals surface area contributed by atoms with E-state index in [9.17, 15) is 19.2 Å². The molecule has 1 aromatic heterocycles. The van der Waals surface area contributed by atoms with Gasteiger partial charge in [0.05, 0.1) is 24.2 Å². The van der Waals surface area contributed by atoms with Crippen molar-refractivity contribution >= 4 is 35.1 Å². The van der Waals surface area contributed by atoms with Gasteiger partial charge < -0.3 is 10.1 Å². The number of nitrogens with one attached hydrogen (secondary N) is 1. The minimum Gasteiger partial charge on any atom is -0.469 e. The lowest BCUT2D eigenvalue weighted by Gasteiger charge is -2.24. The Bertz CT molecular complexity index is 1290. The molecule has 0 aliphatic carbocycles. The Morgan fingerprint density at radius 3 is 2.17 bits per heavy atom. The third kappa shape index (κ3) is 5.19. The van der Waals surface area contributed by atoms with Gasteiger partial charge in [-0.3, -0.25) is 24.1 Å². The molecule has 2 heterocycles. The molecule has 3 aromatic rings. The zero-order valence-corrected chi connectivity index (χ0v) is 20.5. The molecule has 1 fully saturated rings. The molecular weight excluding hydrogens is 460 g/mol. The summed E-state index contributed by atoms with van der Waals surface area (Å²) in [5, 5.41) is 7.43. The van der Waals surface area contributed by atoms with E-state index in [1.165, 1.54) is 12.0 Å². The molecule has 186 valence electrons. The lowest BCUT2D eigenvalue weighted by atomic mass is 10.1. The summed E-state index contributed by atoms with van der Waals surface area (Å²) in [7, 11) is 1.37. The van der Waals surface area contributed by atoms with Crippen molar-refractivity contribution in [1.29, 1.82) is 0 Å². The van der Waals surface area contributed by atoms with Crippen LogP contribution in [-0.4, -0.2) is 40.6 Å². The van der Waals surface area contributed by atoms with E-state index < -0.39 is 0 Å². The lowest BCUT2D eigenvalue weighted by Crippen LogP contribution is -2.40. The highest BCUT2D eigenvalue weighted by atomic mass is 16.5. The van der Waals surface area contributed by atoms with Crippen LogP contribution in [0.15, 0.2) is 48.5 Å². The van der Waals surface area contributed by atoms with E-state index in [0.717, 1.165) is 22.6 Å². The molecule has 9 nitrogen and oxygen atoms in total. The maximum Gasteiger partial charge on any atom is 0.305 e. The number of imide groups is 1. The van der Waals surface area contributed by atoms with E-state index in [4.69, 9.17) is 4.74 Å². The van der Waals surface area contributed by atoms with Crippen molar-refractivity contribution in [3.8, 4) is 5.69 Å². The number of amides is 3. The third-order valence-corrected chi connectivity index (χ3v) is 6.29. The van der Waals surface area contributed by atoms with E-state index in [1.807, 2.05) is 26.0 Å². The summed E-state index contributed by atoms with van der Waals surface area (Å²) in [5.74, 6) is -0.964. The van der Waals surface area contributed by atoms with Gasteiger partial charge in [0.2, 0.25) is 11.8 Å². The van der Waals surface area contributed by atoms with Crippen LogP contribution in [0.25, 0.3) is 5.69 Å². The Hall–Kier alpha value is -4.27. The van der Waals surface area contributed by atoms with Crippen LogP contribution >= 0.6 is 0 Å². The van der Waals surface area contributed by atoms with Crippen LogP contribution in [0.2, 0.25) is 0 Å². The van der Waals surface area contributed by atoms with Crippen molar-refractivity contribution in [3.05, 3.63) is 71.0 Å². The summed E-state index contributed by atoms with van der Waals surface area (Å²) < 4.78 is 6.53. The summed E-state index contributed by atoms with van der Waals surface area (Å²) in [4.78, 5) is 49.7. The van der Waals surface area contributed by atoms with Gasteiger partial charge in [-0.2, -0.15) is 5.10 Å². The number of hydrogen-bond acceptors (Lipinski definition) is 6. The van der Waals surface area contributed by atoms with Gasteiger partial charge in [0.25, 0.3) is 5.91 Å². The molecule has 0 spiro atoms. The second-order valence-electron chi connectivity index (χ2n) is 8.66. The topological polar surface area (TPSA) is 111 Å². The summed E-state index contributed by atoms with van der Waals surface area (Å²) in [5.41, 5.74) is 5.10. The molecule has 4 rings (SSSR count). The number of piperidine rings is 1. The number of nitrogens with zero attached hydrogens (tertiary/aromatic N) is 3. The number of aromatic nitrogens is 2. The first kappa shape index (κ1) is 24.8. The molecule has 1 saturated heterocycles. The molecule has 0 atom stereocenters. The second-order valence-corrected chi connectivity index (χ2v) is 8.66. The van der Waals surface area contributed by atoms with Crippen molar-refractivity contribution in [2.24, 2.45) is 0 Å². The Morgan fingerprint density at radius 1 is 0.944 bits per heavy atom. The average Bonchev–Trinajstić information content (AvgIpc) is 3.16. The molecule has 0 radical (unpaired) electrons. The summed E-state index contributed by atoms with van der Waals surface area (Å²) in [6.45, 7) is 3.85. The number of carbonyl (C=O) groups is 4. The number of methoxy groups -OCH3 is 1. The average molecular weight is 489 g/mol. The smallest absolute Gasteiger partial charge is 0.305 e. The third-order valence-electron chi connectivity index (χ3n) is 6.29. The van der Waals surface area contributed by atoms with Gasteiger partial charge in [-0.15, -0.1) is 0 Å². The molecule has 36 heavy (non-hydrogen) atoms. The van der Waals surface area contributed by atoms with E-state index in [0.29, 0.717) is 42.6 Å². The number of aryl methyl sites for hydroxylation is 1. The minimum atomic E-state index is -0.286. The summed E-state index contributed by atoms with van der Waals surface area (Å²) in [6, 6.07) is 13.7. The molecule has 0 saturated carbocycles. The molecule has 3 amide bonds. The minimum absolute atomic E-state index is 0.207. The van der Waals surface area contributed by atoms with Gasteiger partial charge in [0.1, 0.15) is 0 Å². The quantitative estimate of drug-likeness (QED) is 0.399. The number of carbonyl (C=O) groups excluding carboxylic acids is 4. The van der Waals surface area contributed by atoms with Gasteiger partial charge in [-0.25, -0.2) is 4.68 Å². The second kappa shape index (κ2) is 10.6. The molecule has 9 heteroatoms. The largest absolute Gasteiger partial charge is 0.469 e. The summed E-state index contributed by atoms with van der Waals surface area (Å²) >= 11 is 0. The SMILES string of the molecule is COC(=O)CCc1c(C)nn(-c2ccc(C(=O)Nc3ccc(N4C(=O)CCCC4=O)cc3)cc2)c1C. The normalized spacial score (nSPS) is 13.6. The van der Waals surface area contributed by atoms with Gasteiger partial charge in [-0.05, 0) is 80.8 Å². The number of esters is 1. The van der Waals surface area contributed by atoms with Gasteiger partial charge in [-0.1, -0.05) is 0 Å². The van der Waals surface area contributed by atoms with Crippen LogP contribution in [0.5, 0.6) is 0 Å². The highest BCUT2D eigenvalue weighted by Crippen LogP contribution is 2.24. The Kier molecular flexibility index (Phi) is 7.28. The zero-order chi connectivity index (χ0) is 25.8. The van der Waals surface area contributed by atoms with Crippen LogP contribution in [0.3, 0.4) is 0 Å². The molecule has 2 aromatic carbocycles. The van der Waals surface area contributed by atoms with Crippen LogP contribution in [0, 0.1) is 13.8 Å². The number of ether oxygens (including phenoxy) is 1. The fourth-order valence-corrected chi connectivity index (χ4v) is 4.31. The molecular formula is C27H28N4O5. The van der Waals surface area contributed by atoms with Crippen molar-refractivity contribution in [3.63, 3.8) is 0 Å². The Morgan fingerprint density at radius 2 is 1.56 bits per heavy atom.